The quantitative estimate of drug-likeness (QED) is 0.430. The number of piperidine rings is 1. The predicted octanol–water partition coefficient (Wildman–Crippen LogP) is 4.57. The molecule has 0 spiro atoms. The van der Waals surface area contributed by atoms with Gasteiger partial charge in [0.1, 0.15) is 0 Å². The molecular formula is C28H32BrN5O2. The number of nitrogens with zero attached hydrogens (tertiary/aromatic N) is 5. The lowest BCUT2D eigenvalue weighted by atomic mass is 9.95. The highest BCUT2D eigenvalue weighted by atomic mass is 79.9. The van der Waals surface area contributed by atoms with Crippen molar-refractivity contribution in [2.75, 3.05) is 45.8 Å². The van der Waals surface area contributed by atoms with Gasteiger partial charge >= 0.3 is 0 Å². The normalized spacial score (nSPS) is 18.2. The van der Waals surface area contributed by atoms with Crippen LogP contribution in [-0.4, -0.2) is 76.6 Å². The van der Waals surface area contributed by atoms with Gasteiger partial charge in [0.05, 0.1) is 6.54 Å². The highest BCUT2D eigenvalue weighted by molar-refractivity contribution is 9.10. The van der Waals surface area contributed by atoms with E-state index in [1.165, 1.54) is 5.56 Å². The Morgan fingerprint density at radius 3 is 2.50 bits per heavy atom. The van der Waals surface area contributed by atoms with Crippen LogP contribution in [0.2, 0.25) is 0 Å². The predicted molar refractivity (Wildman–Crippen MR) is 144 cm³/mol. The number of carbonyl (C=O) groups is 1. The lowest BCUT2D eigenvalue weighted by Gasteiger charge is -2.38. The minimum Gasteiger partial charge on any atom is -0.340 e. The first-order valence-corrected chi connectivity index (χ1v) is 13.5. The van der Waals surface area contributed by atoms with Crippen LogP contribution >= 0.6 is 15.9 Å². The number of halogens is 1. The number of hydrogen-bond acceptors (Lipinski definition) is 6. The van der Waals surface area contributed by atoms with E-state index in [4.69, 9.17) is 4.52 Å². The lowest BCUT2D eigenvalue weighted by Crippen LogP contribution is -2.51. The smallest absolute Gasteiger partial charge is 0.241 e. The van der Waals surface area contributed by atoms with Gasteiger partial charge in [0.25, 0.3) is 0 Å². The van der Waals surface area contributed by atoms with Crippen molar-refractivity contribution >= 4 is 27.9 Å². The van der Waals surface area contributed by atoms with E-state index in [-0.39, 0.29) is 5.92 Å². The van der Waals surface area contributed by atoms with Gasteiger partial charge in [-0.05, 0) is 43.6 Å². The number of carbonyl (C=O) groups excluding carboxylic acids is 1. The summed E-state index contributed by atoms with van der Waals surface area (Å²) >= 11 is 3.48. The molecule has 0 unspecified atom stereocenters. The summed E-state index contributed by atoms with van der Waals surface area (Å²) < 4.78 is 6.48. The zero-order valence-electron chi connectivity index (χ0n) is 20.4. The lowest BCUT2D eigenvalue weighted by molar-refractivity contribution is -0.138. The third kappa shape index (κ3) is 6.49. The van der Waals surface area contributed by atoms with Crippen molar-refractivity contribution in [1.29, 1.82) is 0 Å². The Labute approximate surface area is 220 Å². The van der Waals surface area contributed by atoms with Gasteiger partial charge in [-0.25, -0.2) is 0 Å². The minimum atomic E-state index is 0.116. The Kier molecular flexibility index (Phi) is 8.25. The molecule has 0 aliphatic carbocycles. The van der Waals surface area contributed by atoms with Crippen LogP contribution in [-0.2, 0) is 11.3 Å². The molecule has 0 bridgehead atoms. The number of hydrogen-bond donors (Lipinski definition) is 0. The molecule has 0 atom stereocenters. The topological polar surface area (TPSA) is 65.7 Å². The molecule has 2 aromatic carbocycles. The second kappa shape index (κ2) is 12.0. The van der Waals surface area contributed by atoms with Crippen LogP contribution in [0.1, 0.15) is 24.3 Å². The largest absolute Gasteiger partial charge is 0.340 e. The van der Waals surface area contributed by atoms with Crippen molar-refractivity contribution in [2.45, 2.75) is 19.4 Å². The summed E-state index contributed by atoms with van der Waals surface area (Å²) in [7, 11) is 0. The van der Waals surface area contributed by atoms with Gasteiger partial charge < -0.3 is 9.42 Å². The molecule has 0 radical (unpaired) electrons. The first kappa shape index (κ1) is 24.9. The molecular weight excluding hydrogens is 518 g/mol. The molecule has 1 aromatic heterocycles. The molecule has 188 valence electrons. The standard InChI is InChI=1S/C28H32BrN5O2/c29-25-10-4-9-24(20-25)27-30-26(36-31-27)21-33-14-11-23(12-15-33)28(35)34-18-16-32(17-19-34)13-5-8-22-6-2-1-3-7-22/h1-10,20,23H,11-19,21H2/b8-5+. The molecule has 2 aliphatic rings. The van der Waals surface area contributed by atoms with E-state index in [0.29, 0.717) is 24.2 Å². The summed E-state index contributed by atoms with van der Waals surface area (Å²) in [5, 5.41) is 4.13. The fraction of sp³-hybridized carbons (Fsp3) is 0.393. The zero-order chi connectivity index (χ0) is 24.7. The second-order valence-corrected chi connectivity index (χ2v) is 10.4. The van der Waals surface area contributed by atoms with Gasteiger partial charge in [0.2, 0.25) is 17.6 Å². The van der Waals surface area contributed by atoms with Gasteiger partial charge in [-0.1, -0.05) is 75.7 Å². The number of likely N-dealkylation sites (tertiary alicyclic amines) is 1. The summed E-state index contributed by atoms with van der Waals surface area (Å²) in [4.78, 5) is 24.5. The molecule has 36 heavy (non-hydrogen) atoms. The Balaban J connectivity index is 1.04. The number of benzene rings is 2. The zero-order valence-corrected chi connectivity index (χ0v) is 22.0. The summed E-state index contributed by atoms with van der Waals surface area (Å²) in [6, 6.07) is 18.3. The molecule has 0 saturated carbocycles. The van der Waals surface area contributed by atoms with Crippen molar-refractivity contribution in [3.05, 3.63) is 76.6 Å². The number of piperazine rings is 1. The molecule has 2 saturated heterocycles. The minimum absolute atomic E-state index is 0.116. The Morgan fingerprint density at radius 2 is 1.75 bits per heavy atom. The summed E-state index contributed by atoms with van der Waals surface area (Å²) in [6.07, 6.45) is 6.14. The third-order valence-electron chi connectivity index (χ3n) is 7.00. The van der Waals surface area contributed by atoms with Crippen LogP contribution < -0.4 is 0 Å². The van der Waals surface area contributed by atoms with E-state index >= 15 is 0 Å². The Hall–Kier alpha value is -2.81. The molecule has 2 aliphatic heterocycles. The van der Waals surface area contributed by atoms with Gasteiger partial charge in [-0.15, -0.1) is 0 Å². The van der Waals surface area contributed by atoms with Gasteiger partial charge in [0.15, 0.2) is 0 Å². The van der Waals surface area contributed by atoms with E-state index < -0.39 is 0 Å². The Morgan fingerprint density at radius 1 is 0.972 bits per heavy atom. The summed E-state index contributed by atoms with van der Waals surface area (Å²) in [5.74, 6) is 1.66. The molecule has 7 nitrogen and oxygen atoms in total. The van der Waals surface area contributed by atoms with Crippen molar-refractivity contribution in [3.63, 3.8) is 0 Å². The first-order chi connectivity index (χ1) is 17.6. The second-order valence-electron chi connectivity index (χ2n) is 9.51. The van der Waals surface area contributed by atoms with Crippen molar-refractivity contribution < 1.29 is 9.32 Å². The van der Waals surface area contributed by atoms with Gasteiger partial charge in [0, 0.05) is 48.7 Å². The van der Waals surface area contributed by atoms with E-state index in [1.54, 1.807) is 0 Å². The maximum Gasteiger partial charge on any atom is 0.241 e. The van der Waals surface area contributed by atoms with Crippen LogP contribution in [0.3, 0.4) is 0 Å². The highest BCUT2D eigenvalue weighted by Gasteiger charge is 2.30. The average Bonchev–Trinajstić information content (AvgIpc) is 3.38. The fourth-order valence-electron chi connectivity index (χ4n) is 4.90. The van der Waals surface area contributed by atoms with Crippen molar-refractivity contribution in [1.82, 2.24) is 24.8 Å². The molecule has 1 amide bonds. The Bertz CT molecular complexity index is 1170. The van der Waals surface area contributed by atoms with Gasteiger partial charge in [-0.2, -0.15) is 4.98 Å². The number of rotatable bonds is 7. The monoisotopic (exact) mass is 549 g/mol. The van der Waals surface area contributed by atoms with Crippen molar-refractivity contribution in [3.8, 4) is 11.4 Å². The van der Waals surface area contributed by atoms with Crippen LogP contribution in [0.5, 0.6) is 0 Å². The van der Waals surface area contributed by atoms with E-state index in [0.717, 1.165) is 68.7 Å². The van der Waals surface area contributed by atoms with Crippen molar-refractivity contribution in [2.24, 2.45) is 5.92 Å². The SMILES string of the molecule is O=C(C1CCN(Cc2nc(-c3cccc(Br)c3)no2)CC1)N1CCN(C/C=C/c2ccccc2)CC1. The highest BCUT2D eigenvalue weighted by Crippen LogP contribution is 2.24. The third-order valence-corrected chi connectivity index (χ3v) is 7.50. The fourth-order valence-corrected chi connectivity index (χ4v) is 5.30. The van der Waals surface area contributed by atoms with E-state index in [1.807, 2.05) is 30.3 Å². The number of amides is 1. The number of aromatic nitrogens is 2. The van der Waals surface area contributed by atoms with Crippen LogP contribution in [0.25, 0.3) is 17.5 Å². The van der Waals surface area contributed by atoms with Crippen LogP contribution in [0.15, 0.2) is 69.7 Å². The first-order valence-electron chi connectivity index (χ1n) is 12.7. The molecule has 3 aromatic rings. The molecule has 2 fully saturated rings. The molecule has 0 N–H and O–H groups in total. The molecule has 8 heteroatoms. The average molecular weight is 551 g/mol. The maximum absolute atomic E-state index is 13.1. The summed E-state index contributed by atoms with van der Waals surface area (Å²) in [5.41, 5.74) is 2.15. The van der Waals surface area contributed by atoms with E-state index in [9.17, 15) is 4.79 Å². The molecule has 5 rings (SSSR count). The molecule has 3 heterocycles. The van der Waals surface area contributed by atoms with E-state index in [2.05, 4.69) is 77.2 Å². The van der Waals surface area contributed by atoms with Gasteiger partial charge in [-0.3, -0.25) is 14.6 Å². The maximum atomic E-state index is 13.1. The van der Waals surface area contributed by atoms with Crippen LogP contribution in [0, 0.1) is 5.92 Å². The van der Waals surface area contributed by atoms with Crippen LogP contribution in [0.4, 0.5) is 0 Å². The summed E-state index contributed by atoms with van der Waals surface area (Å²) in [6.45, 7) is 6.79.